The van der Waals surface area contributed by atoms with E-state index in [0.29, 0.717) is 0 Å². The van der Waals surface area contributed by atoms with E-state index in [1.165, 1.54) is 5.57 Å². The van der Waals surface area contributed by atoms with Gasteiger partial charge in [-0.2, -0.15) is 0 Å². The monoisotopic (exact) mass is 118 g/mol. The summed E-state index contributed by atoms with van der Waals surface area (Å²) in [4.78, 5) is 0. The van der Waals surface area contributed by atoms with Crippen molar-refractivity contribution in [2.75, 3.05) is 0 Å². The van der Waals surface area contributed by atoms with Crippen molar-refractivity contribution >= 4 is 0 Å². The van der Waals surface area contributed by atoms with Crippen LogP contribution in [0.5, 0.6) is 0 Å². The molecular formula is C9H10. The normalized spacial score (nSPS) is 23.9. The van der Waals surface area contributed by atoms with Gasteiger partial charge in [-0.15, -0.1) is 0 Å². The summed E-state index contributed by atoms with van der Waals surface area (Å²) in [5.41, 5.74) is 1.29. The molecular weight excluding hydrogens is 108 g/mol. The second-order valence-electron chi connectivity index (χ2n) is 2.04. The highest BCUT2D eigenvalue weighted by molar-refractivity contribution is 5.29. The maximum Gasteiger partial charge on any atom is -0.0398 e. The Balaban J connectivity index is 2.77. The van der Waals surface area contributed by atoms with Crippen LogP contribution >= 0.6 is 0 Å². The molecule has 0 heteroatoms. The van der Waals surface area contributed by atoms with E-state index in [0.717, 1.165) is 0 Å². The summed E-state index contributed by atoms with van der Waals surface area (Å²) in [5, 5.41) is 0. The minimum absolute atomic E-state index is 1.29. The fourth-order valence-corrected chi connectivity index (χ4v) is 0.663. The molecule has 1 aliphatic rings. The third kappa shape index (κ3) is 2.13. The first-order valence-electron chi connectivity index (χ1n) is 3.08. The van der Waals surface area contributed by atoms with Gasteiger partial charge in [0.15, 0.2) is 0 Å². The van der Waals surface area contributed by atoms with Crippen molar-refractivity contribution in [2.45, 2.75) is 6.92 Å². The Hall–Kier alpha value is -1.04. The Morgan fingerprint density at radius 3 is 2.44 bits per heavy atom. The van der Waals surface area contributed by atoms with E-state index in [4.69, 9.17) is 0 Å². The molecule has 0 heterocycles. The average Bonchev–Trinajstić information content (AvgIpc) is 1.79. The van der Waals surface area contributed by atoms with Crippen LogP contribution in [0.2, 0.25) is 0 Å². The Bertz CT molecular complexity index is 190. The first-order valence-corrected chi connectivity index (χ1v) is 3.08. The van der Waals surface area contributed by atoms with E-state index in [-0.39, 0.29) is 0 Å². The third-order valence-electron chi connectivity index (χ3n) is 1.16. The first-order chi connectivity index (χ1) is 4.39. The lowest BCUT2D eigenvalue weighted by Gasteiger charge is -1.87. The van der Waals surface area contributed by atoms with Crippen LogP contribution in [-0.2, 0) is 0 Å². The molecule has 46 valence electrons. The van der Waals surface area contributed by atoms with Crippen LogP contribution in [0.25, 0.3) is 0 Å². The highest BCUT2D eigenvalue weighted by Gasteiger charge is 1.77. The lowest BCUT2D eigenvalue weighted by atomic mass is 10.2. The summed E-state index contributed by atoms with van der Waals surface area (Å²) >= 11 is 0. The largest absolute Gasteiger partial charge is 0.0623 e. The number of hydrogen-bond donors (Lipinski definition) is 0. The van der Waals surface area contributed by atoms with Gasteiger partial charge in [0.05, 0.1) is 0 Å². The van der Waals surface area contributed by atoms with Crippen LogP contribution < -0.4 is 0 Å². The number of rotatable bonds is 0. The zero-order valence-electron chi connectivity index (χ0n) is 5.54. The van der Waals surface area contributed by atoms with Crippen LogP contribution in [-0.4, -0.2) is 0 Å². The summed E-state index contributed by atoms with van der Waals surface area (Å²) in [6.45, 7) is 2.08. The van der Waals surface area contributed by atoms with E-state index in [2.05, 4.69) is 19.1 Å². The minimum Gasteiger partial charge on any atom is -0.0623 e. The Morgan fingerprint density at radius 1 is 0.889 bits per heavy atom. The van der Waals surface area contributed by atoms with Crippen molar-refractivity contribution in [3.8, 4) is 0 Å². The predicted molar refractivity (Wildman–Crippen MR) is 41.2 cm³/mol. The fourth-order valence-electron chi connectivity index (χ4n) is 0.663. The molecule has 0 atom stereocenters. The van der Waals surface area contributed by atoms with E-state index in [9.17, 15) is 0 Å². The molecule has 0 spiro atoms. The van der Waals surface area contributed by atoms with Gasteiger partial charge in [-0.25, -0.2) is 0 Å². The van der Waals surface area contributed by atoms with Crippen molar-refractivity contribution in [3.05, 3.63) is 48.1 Å². The second-order valence-corrected chi connectivity index (χ2v) is 2.04. The van der Waals surface area contributed by atoms with E-state index in [1.54, 1.807) is 0 Å². The van der Waals surface area contributed by atoms with E-state index < -0.39 is 0 Å². The lowest BCUT2D eigenvalue weighted by Crippen LogP contribution is -1.66. The van der Waals surface area contributed by atoms with Crippen molar-refractivity contribution in [2.24, 2.45) is 0 Å². The van der Waals surface area contributed by atoms with Gasteiger partial charge in [0.1, 0.15) is 0 Å². The van der Waals surface area contributed by atoms with Gasteiger partial charge in [-0.3, -0.25) is 0 Å². The van der Waals surface area contributed by atoms with Crippen molar-refractivity contribution < 1.29 is 0 Å². The highest BCUT2D eigenvalue weighted by atomic mass is 13.8. The summed E-state index contributed by atoms with van der Waals surface area (Å²) in [6.07, 6.45) is 14.3. The lowest BCUT2D eigenvalue weighted by molar-refractivity contribution is 1.51. The molecule has 0 N–H and O–H groups in total. The first kappa shape index (κ1) is 6.09. The van der Waals surface area contributed by atoms with Crippen molar-refractivity contribution in [3.63, 3.8) is 0 Å². The molecule has 0 radical (unpaired) electrons. The Kier molecular flexibility index (Phi) is 2.08. The maximum atomic E-state index is 2.08. The van der Waals surface area contributed by atoms with Crippen molar-refractivity contribution in [1.82, 2.24) is 0 Å². The molecule has 0 saturated carbocycles. The minimum atomic E-state index is 1.29. The standard InChI is InChI=1S/C9H10/c1-9-7-5-3-2-4-6-8-9/h2-8H,1H3/b3-2-,4-2?,5-3?,6-4-,7-5?,8-6?,9-7?,9-8?. The Morgan fingerprint density at radius 2 is 1.56 bits per heavy atom. The van der Waals surface area contributed by atoms with Crippen LogP contribution in [0.3, 0.4) is 0 Å². The van der Waals surface area contributed by atoms with Gasteiger partial charge < -0.3 is 0 Å². The maximum absolute atomic E-state index is 2.08. The van der Waals surface area contributed by atoms with Gasteiger partial charge in [0.25, 0.3) is 0 Å². The van der Waals surface area contributed by atoms with Gasteiger partial charge in [-0.05, 0) is 6.92 Å². The van der Waals surface area contributed by atoms with E-state index in [1.807, 2.05) is 30.4 Å². The predicted octanol–water partition coefficient (Wildman–Crippen LogP) is 2.61. The van der Waals surface area contributed by atoms with Crippen LogP contribution in [0.1, 0.15) is 6.92 Å². The molecule has 1 aliphatic carbocycles. The quantitative estimate of drug-likeness (QED) is 0.458. The van der Waals surface area contributed by atoms with E-state index >= 15 is 0 Å². The Labute approximate surface area is 55.9 Å². The summed E-state index contributed by atoms with van der Waals surface area (Å²) in [7, 11) is 0. The molecule has 0 unspecified atom stereocenters. The molecule has 0 aromatic carbocycles. The summed E-state index contributed by atoms with van der Waals surface area (Å²) in [6, 6.07) is 0. The fraction of sp³-hybridized carbons (Fsp3) is 0.111. The summed E-state index contributed by atoms with van der Waals surface area (Å²) < 4.78 is 0. The molecule has 0 bridgehead atoms. The van der Waals surface area contributed by atoms with Crippen LogP contribution in [0.4, 0.5) is 0 Å². The topological polar surface area (TPSA) is 0 Å². The molecule has 1 rings (SSSR count). The average molecular weight is 118 g/mol. The smallest absolute Gasteiger partial charge is 0.0398 e. The van der Waals surface area contributed by atoms with Crippen LogP contribution in [0.15, 0.2) is 48.1 Å². The molecule has 0 nitrogen and oxygen atoms in total. The SMILES string of the molecule is CC1=C/C=C\C=C/C=C1. The molecule has 0 amide bonds. The van der Waals surface area contributed by atoms with Crippen LogP contribution in [0, 0.1) is 0 Å². The van der Waals surface area contributed by atoms with Gasteiger partial charge in [0, 0.05) is 0 Å². The molecule has 9 heavy (non-hydrogen) atoms. The molecule has 0 saturated heterocycles. The molecule has 0 aromatic heterocycles. The highest BCUT2D eigenvalue weighted by Crippen LogP contribution is 1.98. The number of hydrogen-bond acceptors (Lipinski definition) is 0. The zero-order valence-corrected chi connectivity index (χ0v) is 5.54. The van der Waals surface area contributed by atoms with Crippen molar-refractivity contribution in [1.29, 1.82) is 0 Å². The molecule has 0 aliphatic heterocycles. The summed E-state index contributed by atoms with van der Waals surface area (Å²) in [5.74, 6) is 0. The van der Waals surface area contributed by atoms with Gasteiger partial charge >= 0.3 is 0 Å². The van der Waals surface area contributed by atoms with Gasteiger partial charge in [0.2, 0.25) is 0 Å². The third-order valence-corrected chi connectivity index (χ3v) is 1.16. The molecule has 0 fully saturated rings. The van der Waals surface area contributed by atoms with Gasteiger partial charge in [-0.1, -0.05) is 48.1 Å². The second kappa shape index (κ2) is 3.08. The zero-order chi connectivity index (χ0) is 6.53. The molecule has 0 aromatic rings. The number of allylic oxidation sites excluding steroid dienone is 8.